The standard InChI is InChI=1S/C22H22Cl2N2O2/c23-17-7-4-8-18(24)20(17)21(27)25-22(28)26(13-14-5-2-1-3-6-14)19-12-15-9-10-16(19)11-15/h1-8,15-16,19H,9-13H2,(H,25,27,28)/t15-,16-,19-/m0/s1. The van der Waals surface area contributed by atoms with Crippen molar-refractivity contribution in [2.45, 2.75) is 38.3 Å². The summed E-state index contributed by atoms with van der Waals surface area (Å²) in [7, 11) is 0. The predicted molar refractivity (Wildman–Crippen MR) is 111 cm³/mol. The Kier molecular flexibility index (Phi) is 5.61. The molecule has 4 nitrogen and oxygen atoms in total. The van der Waals surface area contributed by atoms with E-state index in [1.807, 2.05) is 35.2 Å². The monoisotopic (exact) mass is 416 g/mol. The number of carbonyl (C=O) groups excluding carboxylic acids is 2. The first-order valence-electron chi connectivity index (χ1n) is 9.63. The lowest BCUT2D eigenvalue weighted by Gasteiger charge is -2.34. The molecular weight excluding hydrogens is 395 g/mol. The molecule has 0 spiro atoms. The number of halogens is 2. The fourth-order valence-corrected chi connectivity index (χ4v) is 5.23. The van der Waals surface area contributed by atoms with Crippen molar-refractivity contribution in [1.29, 1.82) is 0 Å². The molecule has 0 aliphatic heterocycles. The maximum atomic E-state index is 13.1. The summed E-state index contributed by atoms with van der Waals surface area (Å²) in [6, 6.07) is 14.5. The molecule has 4 rings (SSSR count). The molecule has 28 heavy (non-hydrogen) atoms. The highest BCUT2D eigenvalue weighted by molar-refractivity contribution is 6.40. The first kappa shape index (κ1) is 19.3. The van der Waals surface area contributed by atoms with Crippen molar-refractivity contribution >= 4 is 35.1 Å². The maximum absolute atomic E-state index is 13.1. The summed E-state index contributed by atoms with van der Waals surface area (Å²) in [5.74, 6) is 0.634. The second-order valence-corrected chi connectivity index (χ2v) is 8.53. The Balaban J connectivity index is 1.55. The second kappa shape index (κ2) is 8.14. The topological polar surface area (TPSA) is 49.4 Å². The minimum atomic E-state index is -0.568. The highest BCUT2D eigenvalue weighted by Gasteiger charge is 2.44. The molecule has 0 heterocycles. The van der Waals surface area contributed by atoms with E-state index in [2.05, 4.69) is 5.32 Å². The van der Waals surface area contributed by atoms with Crippen LogP contribution in [-0.4, -0.2) is 22.9 Å². The summed E-state index contributed by atoms with van der Waals surface area (Å²) in [5, 5.41) is 2.97. The van der Waals surface area contributed by atoms with Crippen LogP contribution >= 0.6 is 23.2 Å². The van der Waals surface area contributed by atoms with Crippen LogP contribution in [0.1, 0.15) is 41.6 Å². The van der Waals surface area contributed by atoms with Gasteiger partial charge >= 0.3 is 6.03 Å². The summed E-state index contributed by atoms with van der Waals surface area (Å²) in [5.41, 5.74) is 1.18. The smallest absolute Gasteiger partial charge is 0.317 e. The molecule has 1 N–H and O–H groups in total. The van der Waals surface area contributed by atoms with Crippen LogP contribution in [0.5, 0.6) is 0 Å². The molecule has 2 aromatic rings. The van der Waals surface area contributed by atoms with Crippen LogP contribution in [0.3, 0.4) is 0 Å². The molecule has 6 heteroatoms. The zero-order valence-electron chi connectivity index (χ0n) is 15.4. The van der Waals surface area contributed by atoms with Gasteiger partial charge < -0.3 is 4.90 Å². The van der Waals surface area contributed by atoms with Crippen molar-refractivity contribution in [3.05, 3.63) is 69.7 Å². The summed E-state index contributed by atoms with van der Waals surface area (Å²) >= 11 is 12.3. The molecule has 146 valence electrons. The van der Waals surface area contributed by atoms with Crippen LogP contribution in [-0.2, 0) is 6.54 Å². The summed E-state index contributed by atoms with van der Waals surface area (Å²) in [6.45, 7) is 0.476. The molecule has 2 bridgehead atoms. The average Bonchev–Trinajstić information content (AvgIpc) is 3.30. The zero-order valence-corrected chi connectivity index (χ0v) is 16.9. The first-order valence-corrected chi connectivity index (χ1v) is 10.4. The van der Waals surface area contributed by atoms with Crippen LogP contribution in [0.2, 0.25) is 10.0 Å². The number of urea groups is 1. The van der Waals surface area contributed by atoms with Gasteiger partial charge in [-0.3, -0.25) is 10.1 Å². The van der Waals surface area contributed by atoms with Crippen LogP contribution in [0, 0.1) is 11.8 Å². The lowest BCUT2D eigenvalue weighted by Crippen LogP contribution is -2.49. The van der Waals surface area contributed by atoms with Crippen molar-refractivity contribution in [2.75, 3.05) is 0 Å². The van der Waals surface area contributed by atoms with Gasteiger partial charge in [-0.05, 0) is 48.8 Å². The fraction of sp³-hybridized carbons (Fsp3) is 0.364. The number of nitrogens with zero attached hydrogens (tertiary/aromatic N) is 1. The third-order valence-corrected chi connectivity index (χ3v) is 6.60. The van der Waals surface area contributed by atoms with Gasteiger partial charge in [-0.25, -0.2) is 4.79 Å². The van der Waals surface area contributed by atoms with Crippen LogP contribution in [0.4, 0.5) is 4.79 Å². The van der Waals surface area contributed by atoms with E-state index in [1.54, 1.807) is 18.2 Å². The number of imide groups is 1. The van der Waals surface area contributed by atoms with Gasteiger partial charge in [0, 0.05) is 12.6 Å². The Bertz CT molecular complexity index is 867. The molecule has 0 saturated heterocycles. The lowest BCUT2D eigenvalue weighted by atomic mass is 9.94. The minimum Gasteiger partial charge on any atom is -0.317 e. The van der Waals surface area contributed by atoms with Gasteiger partial charge in [-0.15, -0.1) is 0 Å². The van der Waals surface area contributed by atoms with Crippen molar-refractivity contribution in [3.8, 4) is 0 Å². The van der Waals surface area contributed by atoms with E-state index in [0.717, 1.165) is 18.4 Å². The largest absolute Gasteiger partial charge is 0.324 e. The Hall–Kier alpha value is -2.04. The van der Waals surface area contributed by atoms with E-state index in [-0.39, 0.29) is 27.7 Å². The molecule has 0 unspecified atom stereocenters. The minimum absolute atomic E-state index is 0.131. The average molecular weight is 417 g/mol. The van der Waals surface area contributed by atoms with Crippen molar-refractivity contribution in [3.63, 3.8) is 0 Å². The summed E-state index contributed by atoms with van der Waals surface area (Å²) < 4.78 is 0. The number of benzene rings is 2. The number of rotatable bonds is 4. The number of hydrogen-bond donors (Lipinski definition) is 1. The number of fused-ring (bicyclic) bond motifs is 2. The summed E-state index contributed by atoms with van der Waals surface area (Å²) in [6.07, 6.45) is 4.58. The summed E-state index contributed by atoms with van der Waals surface area (Å²) in [4.78, 5) is 27.6. The number of carbonyl (C=O) groups is 2. The van der Waals surface area contributed by atoms with E-state index < -0.39 is 5.91 Å². The second-order valence-electron chi connectivity index (χ2n) is 7.71. The van der Waals surface area contributed by atoms with Gasteiger partial charge in [0.25, 0.3) is 5.91 Å². The van der Waals surface area contributed by atoms with Crippen LogP contribution < -0.4 is 5.32 Å². The number of amides is 3. The Morgan fingerprint density at radius 2 is 1.68 bits per heavy atom. The number of nitrogens with one attached hydrogen (secondary N) is 1. The normalized spacial score (nSPS) is 22.9. The molecule has 0 radical (unpaired) electrons. The highest BCUT2D eigenvalue weighted by atomic mass is 35.5. The van der Waals surface area contributed by atoms with Crippen molar-refractivity contribution in [2.24, 2.45) is 11.8 Å². The Morgan fingerprint density at radius 3 is 2.29 bits per heavy atom. The predicted octanol–water partition coefficient (Wildman–Crippen LogP) is 5.53. The molecular formula is C22H22Cl2N2O2. The quantitative estimate of drug-likeness (QED) is 0.711. The maximum Gasteiger partial charge on any atom is 0.324 e. The van der Waals surface area contributed by atoms with Gasteiger partial charge in [0.15, 0.2) is 0 Å². The van der Waals surface area contributed by atoms with E-state index in [1.165, 1.54) is 12.8 Å². The molecule has 0 aromatic heterocycles. The van der Waals surface area contributed by atoms with Crippen molar-refractivity contribution < 1.29 is 9.59 Å². The first-order chi connectivity index (χ1) is 13.5. The van der Waals surface area contributed by atoms with Crippen molar-refractivity contribution in [1.82, 2.24) is 10.2 Å². The fourth-order valence-electron chi connectivity index (χ4n) is 4.66. The number of hydrogen-bond acceptors (Lipinski definition) is 2. The van der Waals surface area contributed by atoms with E-state index in [4.69, 9.17) is 23.2 Å². The van der Waals surface area contributed by atoms with Gasteiger partial charge in [0.2, 0.25) is 0 Å². The molecule has 2 saturated carbocycles. The molecule has 2 aliphatic rings. The molecule has 2 fully saturated rings. The Labute approximate surface area is 174 Å². The molecule has 2 aliphatic carbocycles. The Morgan fingerprint density at radius 1 is 0.964 bits per heavy atom. The third kappa shape index (κ3) is 3.89. The van der Waals surface area contributed by atoms with Crippen LogP contribution in [0.15, 0.2) is 48.5 Å². The highest BCUT2D eigenvalue weighted by Crippen LogP contribution is 2.47. The van der Waals surface area contributed by atoms with E-state index in [0.29, 0.717) is 18.4 Å². The van der Waals surface area contributed by atoms with E-state index in [9.17, 15) is 9.59 Å². The van der Waals surface area contributed by atoms with Gasteiger partial charge in [0.1, 0.15) is 0 Å². The van der Waals surface area contributed by atoms with Gasteiger partial charge in [-0.1, -0.05) is 66.0 Å². The molecule has 3 atom stereocenters. The molecule has 3 amide bonds. The van der Waals surface area contributed by atoms with Gasteiger partial charge in [0.05, 0.1) is 15.6 Å². The zero-order chi connectivity index (χ0) is 19.7. The lowest BCUT2D eigenvalue weighted by molar-refractivity contribution is 0.0929. The molecule has 2 aromatic carbocycles. The van der Waals surface area contributed by atoms with Gasteiger partial charge in [-0.2, -0.15) is 0 Å². The SMILES string of the molecule is O=C(NC(=O)N(Cc1ccccc1)[C@H]1C[C@H]2CC[C@H]1C2)c1c(Cl)cccc1Cl. The van der Waals surface area contributed by atoms with E-state index >= 15 is 0 Å². The van der Waals surface area contributed by atoms with Crippen LogP contribution in [0.25, 0.3) is 0 Å². The third-order valence-electron chi connectivity index (χ3n) is 5.97.